The molecule has 0 saturated heterocycles. The highest BCUT2D eigenvalue weighted by molar-refractivity contribution is 9.10. The summed E-state index contributed by atoms with van der Waals surface area (Å²) in [5, 5.41) is 10.8. The van der Waals surface area contributed by atoms with Crippen LogP contribution in [0.3, 0.4) is 0 Å². The maximum absolute atomic E-state index is 12.1. The van der Waals surface area contributed by atoms with Gasteiger partial charge in [-0.3, -0.25) is 4.79 Å². The molecule has 0 fully saturated rings. The number of hydrogen-bond donors (Lipinski definition) is 1. The number of hydrogen-bond acceptors (Lipinski definition) is 5. The molecule has 22 heavy (non-hydrogen) atoms. The predicted molar refractivity (Wildman–Crippen MR) is 87.2 cm³/mol. The lowest BCUT2D eigenvalue weighted by Gasteiger charge is -2.06. The summed E-state index contributed by atoms with van der Waals surface area (Å²) in [7, 11) is -4.05. The van der Waals surface area contributed by atoms with E-state index in [1.54, 1.807) is 24.3 Å². The van der Waals surface area contributed by atoms with Crippen molar-refractivity contribution in [3.05, 3.63) is 50.3 Å². The SMILES string of the molecule is N#Cc1ccsc1S(=O)(=O)NC(=O)Cc1cc(Cl)cc(Br)c1. The minimum absolute atomic E-state index is 0.0100. The Morgan fingerprint density at radius 3 is 2.77 bits per heavy atom. The van der Waals surface area contributed by atoms with E-state index >= 15 is 0 Å². The Hall–Kier alpha value is -1.40. The van der Waals surface area contributed by atoms with Crippen molar-refractivity contribution in [1.29, 1.82) is 5.26 Å². The second-order valence-electron chi connectivity index (χ2n) is 4.22. The molecule has 0 unspecified atom stereocenters. The topological polar surface area (TPSA) is 87.0 Å². The zero-order chi connectivity index (χ0) is 16.3. The summed E-state index contributed by atoms with van der Waals surface area (Å²) in [6.45, 7) is 0. The molecule has 0 aliphatic heterocycles. The average molecular weight is 420 g/mol. The van der Waals surface area contributed by atoms with Crippen LogP contribution in [-0.2, 0) is 21.2 Å². The highest BCUT2D eigenvalue weighted by atomic mass is 79.9. The van der Waals surface area contributed by atoms with Crippen molar-refractivity contribution in [2.24, 2.45) is 0 Å². The van der Waals surface area contributed by atoms with Crippen LogP contribution in [0.1, 0.15) is 11.1 Å². The number of rotatable bonds is 4. The van der Waals surface area contributed by atoms with Crippen molar-refractivity contribution in [3.63, 3.8) is 0 Å². The first-order valence-electron chi connectivity index (χ1n) is 5.80. The maximum atomic E-state index is 12.1. The number of amides is 1. The van der Waals surface area contributed by atoms with Gasteiger partial charge >= 0.3 is 0 Å². The van der Waals surface area contributed by atoms with Crippen molar-refractivity contribution >= 4 is 54.8 Å². The van der Waals surface area contributed by atoms with Crippen molar-refractivity contribution in [2.45, 2.75) is 10.6 Å². The number of nitriles is 1. The van der Waals surface area contributed by atoms with Gasteiger partial charge in [0.2, 0.25) is 5.91 Å². The molecule has 0 spiro atoms. The molecule has 0 saturated carbocycles. The molecule has 0 atom stereocenters. The smallest absolute Gasteiger partial charge is 0.274 e. The molecule has 5 nitrogen and oxygen atoms in total. The normalized spacial score (nSPS) is 11.0. The second-order valence-corrected chi connectivity index (χ2v) is 8.36. The molecule has 0 aliphatic carbocycles. The minimum Gasteiger partial charge on any atom is -0.274 e. The highest BCUT2D eigenvalue weighted by Crippen LogP contribution is 2.22. The van der Waals surface area contributed by atoms with Gasteiger partial charge in [-0.05, 0) is 35.2 Å². The van der Waals surface area contributed by atoms with E-state index in [1.807, 2.05) is 4.72 Å². The van der Waals surface area contributed by atoms with E-state index in [9.17, 15) is 13.2 Å². The van der Waals surface area contributed by atoms with E-state index < -0.39 is 15.9 Å². The number of carbonyl (C=O) groups excluding carboxylic acids is 1. The summed E-state index contributed by atoms with van der Waals surface area (Å²) in [6, 6.07) is 8.06. The summed E-state index contributed by atoms with van der Waals surface area (Å²) < 4.78 is 26.7. The Labute approximate surface area is 144 Å². The number of halogens is 2. The monoisotopic (exact) mass is 418 g/mol. The van der Waals surface area contributed by atoms with Gasteiger partial charge in [0, 0.05) is 9.50 Å². The van der Waals surface area contributed by atoms with Crippen LogP contribution in [0.15, 0.2) is 38.3 Å². The fourth-order valence-corrected chi connectivity index (χ4v) is 4.88. The van der Waals surface area contributed by atoms with Crippen LogP contribution in [0.5, 0.6) is 0 Å². The number of nitrogens with one attached hydrogen (secondary N) is 1. The number of thiophene rings is 1. The van der Waals surface area contributed by atoms with Crippen molar-refractivity contribution in [2.75, 3.05) is 0 Å². The lowest BCUT2D eigenvalue weighted by Crippen LogP contribution is -2.31. The molecule has 0 radical (unpaired) electrons. The Balaban J connectivity index is 2.16. The minimum atomic E-state index is -4.05. The molecule has 2 rings (SSSR count). The van der Waals surface area contributed by atoms with Crippen LogP contribution in [0.25, 0.3) is 0 Å². The second kappa shape index (κ2) is 6.79. The number of benzene rings is 1. The highest BCUT2D eigenvalue weighted by Gasteiger charge is 2.23. The van der Waals surface area contributed by atoms with E-state index in [0.717, 1.165) is 11.3 Å². The van der Waals surface area contributed by atoms with Crippen LogP contribution in [-0.4, -0.2) is 14.3 Å². The largest absolute Gasteiger partial charge is 0.274 e. The van der Waals surface area contributed by atoms with Gasteiger partial charge in [0.1, 0.15) is 6.07 Å². The van der Waals surface area contributed by atoms with Crippen molar-refractivity contribution < 1.29 is 13.2 Å². The fraction of sp³-hybridized carbons (Fsp3) is 0.0769. The lowest BCUT2D eigenvalue weighted by molar-refractivity contribution is -0.118. The molecule has 1 heterocycles. The molecule has 1 aromatic carbocycles. The van der Waals surface area contributed by atoms with E-state index in [2.05, 4.69) is 15.9 Å². The first kappa shape index (κ1) is 17.0. The Kier molecular flexibility index (Phi) is 5.24. The number of sulfonamides is 1. The maximum Gasteiger partial charge on any atom is 0.274 e. The molecular weight excluding hydrogens is 412 g/mol. The Morgan fingerprint density at radius 1 is 1.41 bits per heavy atom. The van der Waals surface area contributed by atoms with Gasteiger partial charge in [0.25, 0.3) is 10.0 Å². The summed E-state index contributed by atoms with van der Waals surface area (Å²) in [6.07, 6.45) is -0.147. The lowest BCUT2D eigenvalue weighted by atomic mass is 10.1. The van der Waals surface area contributed by atoms with Gasteiger partial charge in [0.15, 0.2) is 4.21 Å². The third-order valence-corrected chi connectivity index (χ3v) is 6.06. The van der Waals surface area contributed by atoms with Gasteiger partial charge in [-0.2, -0.15) is 5.26 Å². The third kappa shape index (κ3) is 4.08. The quantitative estimate of drug-likeness (QED) is 0.825. The summed E-state index contributed by atoms with van der Waals surface area (Å²) in [5.41, 5.74) is 0.578. The summed E-state index contributed by atoms with van der Waals surface area (Å²) in [4.78, 5) is 11.9. The van der Waals surface area contributed by atoms with Gasteiger partial charge in [-0.25, -0.2) is 13.1 Å². The van der Waals surface area contributed by atoms with E-state index in [4.69, 9.17) is 16.9 Å². The standard InChI is InChI=1S/C13H8BrClN2O3S2/c14-10-3-8(4-11(15)6-10)5-12(18)17-22(19,20)13-9(7-16)1-2-21-13/h1-4,6H,5H2,(H,17,18). The zero-order valence-corrected chi connectivity index (χ0v) is 14.8. The molecule has 1 amide bonds. The first-order chi connectivity index (χ1) is 10.3. The van der Waals surface area contributed by atoms with E-state index in [-0.39, 0.29) is 16.2 Å². The van der Waals surface area contributed by atoms with Crippen molar-refractivity contribution in [1.82, 2.24) is 4.72 Å². The molecule has 2 aromatic rings. The molecule has 9 heteroatoms. The van der Waals surface area contributed by atoms with Gasteiger partial charge in [0.05, 0.1) is 12.0 Å². The Morgan fingerprint density at radius 2 is 2.14 bits per heavy atom. The number of nitrogens with zero attached hydrogens (tertiary/aromatic N) is 1. The van der Waals surface area contributed by atoms with Crippen molar-refractivity contribution in [3.8, 4) is 6.07 Å². The van der Waals surface area contributed by atoms with Crippen LogP contribution in [0.4, 0.5) is 0 Å². The molecule has 1 aromatic heterocycles. The molecule has 0 bridgehead atoms. The van der Waals surface area contributed by atoms with Crippen LogP contribution >= 0.6 is 38.9 Å². The molecule has 0 aliphatic rings. The van der Waals surface area contributed by atoms with Crippen LogP contribution in [0, 0.1) is 11.3 Å². The third-order valence-electron chi connectivity index (χ3n) is 2.53. The van der Waals surface area contributed by atoms with Crippen LogP contribution < -0.4 is 4.72 Å². The summed E-state index contributed by atoms with van der Waals surface area (Å²) >= 11 is 10.00. The van der Waals surface area contributed by atoms with Gasteiger partial charge in [-0.1, -0.05) is 27.5 Å². The van der Waals surface area contributed by atoms with E-state index in [0.29, 0.717) is 15.1 Å². The summed E-state index contributed by atoms with van der Waals surface area (Å²) in [5.74, 6) is -0.702. The zero-order valence-electron chi connectivity index (χ0n) is 10.8. The Bertz CT molecular complexity index is 851. The average Bonchev–Trinajstić information content (AvgIpc) is 2.85. The molecular formula is C13H8BrClN2O3S2. The van der Waals surface area contributed by atoms with E-state index in [1.165, 1.54) is 11.4 Å². The number of carbonyl (C=O) groups is 1. The first-order valence-corrected chi connectivity index (χ1v) is 9.33. The molecule has 114 valence electrons. The van der Waals surface area contributed by atoms with Gasteiger partial charge in [-0.15, -0.1) is 11.3 Å². The molecule has 1 N–H and O–H groups in total. The predicted octanol–water partition coefficient (Wildman–Crippen LogP) is 3.08. The fourth-order valence-electron chi connectivity index (χ4n) is 1.72. The van der Waals surface area contributed by atoms with Crippen LogP contribution in [0.2, 0.25) is 5.02 Å². The van der Waals surface area contributed by atoms with Gasteiger partial charge < -0.3 is 0 Å².